The SMILES string of the molecule is O=C(CSc1nnc(SCc2ccc(Cl)cc2)s1)N/N=C/C(Br)=C/c1ccccc1. The van der Waals surface area contributed by atoms with Crippen molar-refractivity contribution >= 4 is 80.6 Å². The van der Waals surface area contributed by atoms with Crippen molar-refractivity contribution in [3.8, 4) is 0 Å². The molecule has 154 valence electrons. The molecule has 0 fully saturated rings. The van der Waals surface area contributed by atoms with E-state index in [-0.39, 0.29) is 11.7 Å². The third-order valence-corrected chi connectivity index (χ3v) is 7.42. The van der Waals surface area contributed by atoms with E-state index in [0.717, 1.165) is 29.5 Å². The smallest absolute Gasteiger partial charge is 0.250 e. The average molecular weight is 540 g/mol. The van der Waals surface area contributed by atoms with Crippen LogP contribution in [0.15, 0.2) is 72.9 Å². The molecule has 0 aliphatic heterocycles. The number of thioether (sulfide) groups is 2. The molecule has 1 amide bonds. The van der Waals surface area contributed by atoms with E-state index < -0.39 is 0 Å². The van der Waals surface area contributed by atoms with Crippen LogP contribution in [-0.4, -0.2) is 28.1 Å². The molecule has 3 rings (SSSR count). The van der Waals surface area contributed by atoms with Crippen LogP contribution in [0.2, 0.25) is 5.02 Å². The second-order valence-electron chi connectivity index (χ2n) is 5.77. The van der Waals surface area contributed by atoms with E-state index in [0.29, 0.717) is 0 Å². The Bertz CT molecular complexity index is 1030. The Morgan fingerprint density at radius 2 is 1.80 bits per heavy atom. The first-order chi connectivity index (χ1) is 14.6. The summed E-state index contributed by atoms with van der Waals surface area (Å²) in [5.74, 6) is 0.798. The van der Waals surface area contributed by atoms with Crippen LogP contribution in [0.3, 0.4) is 0 Å². The summed E-state index contributed by atoms with van der Waals surface area (Å²) in [7, 11) is 0. The molecule has 2 aromatic carbocycles. The van der Waals surface area contributed by atoms with Crippen molar-refractivity contribution in [1.29, 1.82) is 0 Å². The van der Waals surface area contributed by atoms with Crippen molar-refractivity contribution in [2.45, 2.75) is 14.4 Å². The highest BCUT2D eigenvalue weighted by Crippen LogP contribution is 2.30. The number of halogens is 2. The second-order valence-corrected chi connectivity index (χ2v) is 10.5. The molecule has 10 heteroatoms. The van der Waals surface area contributed by atoms with Crippen molar-refractivity contribution in [2.24, 2.45) is 5.10 Å². The first-order valence-corrected chi connectivity index (χ1v) is 12.6. The zero-order valence-electron chi connectivity index (χ0n) is 15.5. The number of nitrogens with zero attached hydrogens (tertiary/aromatic N) is 3. The number of nitrogens with one attached hydrogen (secondary N) is 1. The fourth-order valence-corrected chi connectivity index (χ4v) is 5.37. The predicted octanol–water partition coefficient (Wildman–Crippen LogP) is 6.11. The number of carbonyl (C=O) groups excluding carboxylic acids is 1. The highest BCUT2D eigenvalue weighted by molar-refractivity contribution is 9.12. The van der Waals surface area contributed by atoms with Crippen LogP contribution < -0.4 is 5.43 Å². The van der Waals surface area contributed by atoms with Crippen LogP contribution >= 0.6 is 62.4 Å². The molecule has 0 saturated heterocycles. The molecule has 1 N–H and O–H groups in total. The van der Waals surface area contributed by atoms with Crippen LogP contribution in [0.4, 0.5) is 0 Å². The summed E-state index contributed by atoms with van der Waals surface area (Å²) in [6, 6.07) is 17.5. The van der Waals surface area contributed by atoms with Gasteiger partial charge in [0.1, 0.15) is 0 Å². The number of aromatic nitrogens is 2. The number of hydrogen-bond donors (Lipinski definition) is 1. The van der Waals surface area contributed by atoms with Crippen LogP contribution in [-0.2, 0) is 10.5 Å². The summed E-state index contributed by atoms with van der Waals surface area (Å²) in [5, 5.41) is 13.0. The van der Waals surface area contributed by atoms with Gasteiger partial charge in [-0.05, 0) is 45.3 Å². The summed E-state index contributed by atoms with van der Waals surface area (Å²) in [5.41, 5.74) is 4.71. The van der Waals surface area contributed by atoms with Gasteiger partial charge in [-0.15, -0.1) is 10.2 Å². The third-order valence-electron chi connectivity index (χ3n) is 3.47. The molecule has 0 aliphatic carbocycles. The molecule has 1 aromatic heterocycles. The van der Waals surface area contributed by atoms with Gasteiger partial charge < -0.3 is 0 Å². The highest BCUT2D eigenvalue weighted by Gasteiger charge is 2.08. The number of carbonyl (C=O) groups is 1. The minimum atomic E-state index is -0.207. The minimum Gasteiger partial charge on any atom is -0.272 e. The lowest BCUT2D eigenvalue weighted by Crippen LogP contribution is -2.19. The van der Waals surface area contributed by atoms with Gasteiger partial charge in [0.2, 0.25) is 0 Å². The van der Waals surface area contributed by atoms with Gasteiger partial charge in [-0.1, -0.05) is 88.9 Å². The summed E-state index contributed by atoms with van der Waals surface area (Å²) < 4.78 is 2.37. The Balaban J connectivity index is 1.39. The second kappa shape index (κ2) is 12.3. The first-order valence-electron chi connectivity index (χ1n) is 8.66. The normalized spacial score (nSPS) is 11.7. The monoisotopic (exact) mass is 538 g/mol. The maximum atomic E-state index is 12.0. The number of benzene rings is 2. The number of hydrazone groups is 1. The van der Waals surface area contributed by atoms with Gasteiger partial charge in [0, 0.05) is 15.3 Å². The van der Waals surface area contributed by atoms with E-state index in [4.69, 9.17) is 11.6 Å². The summed E-state index contributed by atoms with van der Waals surface area (Å²) in [6.45, 7) is 0. The van der Waals surface area contributed by atoms with Crippen molar-refractivity contribution < 1.29 is 4.79 Å². The first kappa shape index (κ1) is 23.0. The highest BCUT2D eigenvalue weighted by atomic mass is 79.9. The Morgan fingerprint density at radius 3 is 2.53 bits per heavy atom. The molecule has 30 heavy (non-hydrogen) atoms. The summed E-state index contributed by atoms with van der Waals surface area (Å²) in [4.78, 5) is 12.0. The quantitative estimate of drug-likeness (QED) is 0.202. The number of rotatable bonds is 9. The van der Waals surface area contributed by atoms with Crippen LogP contribution in [0.5, 0.6) is 0 Å². The average Bonchev–Trinajstić information content (AvgIpc) is 3.20. The molecule has 5 nitrogen and oxygen atoms in total. The molecule has 1 heterocycles. The maximum absolute atomic E-state index is 12.0. The Hall–Kier alpha value is -1.65. The van der Waals surface area contributed by atoms with E-state index in [1.54, 1.807) is 18.0 Å². The number of allylic oxidation sites excluding steroid dienone is 1. The number of hydrogen-bond acceptors (Lipinski definition) is 7. The molecular weight excluding hydrogens is 524 g/mol. The Kier molecular flexibility index (Phi) is 9.41. The fraction of sp³-hybridized carbons (Fsp3) is 0.100. The molecule has 0 atom stereocenters. The van der Waals surface area contributed by atoms with Crippen molar-refractivity contribution in [1.82, 2.24) is 15.6 Å². The van der Waals surface area contributed by atoms with E-state index in [1.165, 1.54) is 28.7 Å². The fourth-order valence-electron chi connectivity index (χ4n) is 2.11. The lowest BCUT2D eigenvalue weighted by molar-refractivity contribution is -0.118. The van der Waals surface area contributed by atoms with E-state index >= 15 is 0 Å². The zero-order chi connectivity index (χ0) is 21.2. The molecule has 0 aliphatic rings. The molecule has 0 unspecified atom stereocenters. The van der Waals surface area contributed by atoms with Gasteiger partial charge in [0.15, 0.2) is 8.68 Å². The van der Waals surface area contributed by atoms with Crippen molar-refractivity contribution in [3.63, 3.8) is 0 Å². The lowest BCUT2D eigenvalue weighted by Gasteiger charge is -1.98. The van der Waals surface area contributed by atoms with Gasteiger partial charge in [-0.3, -0.25) is 4.79 Å². The molecule has 0 radical (unpaired) electrons. The largest absolute Gasteiger partial charge is 0.272 e. The maximum Gasteiger partial charge on any atom is 0.250 e. The third kappa shape index (κ3) is 8.23. The van der Waals surface area contributed by atoms with Gasteiger partial charge in [0.25, 0.3) is 5.91 Å². The van der Waals surface area contributed by atoms with Crippen LogP contribution in [0.1, 0.15) is 11.1 Å². The molecule has 3 aromatic rings. The molecule has 0 bridgehead atoms. The van der Waals surface area contributed by atoms with E-state index in [1.807, 2.05) is 60.7 Å². The van der Waals surface area contributed by atoms with Gasteiger partial charge >= 0.3 is 0 Å². The Morgan fingerprint density at radius 1 is 1.10 bits per heavy atom. The van der Waals surface area contributed by atoms with Gasteiger partial charge in [-0.2, -0.15) is 5.10 Å². The molecule has 0 spiro atoms. The van der Waals surface area contributed by atoms with Gasteiger partial charge in [0.05, 0.1) is 12.0 Å². The minimum absolute atomic E-state index is 0.207. The Labute approximate surface area is 200 Å². The zero-order valence-corrected chi connectivity index (χ0v) is 20.3. The van der Waals surface area contributed by atoms with E-state index in [9.17, 15) is 4.79 Å². The van der Waals surface area contributed by atoms with E-state index in [2.05, 4.69) is 36.7 Å². The standard InChI is InChI=1S/C20H16BrClN4OS3/c21-16(10-14-4-2-1-3-5-14)11-23-24-18(27)13-29-20-26-25-19(30-20)28-12-15-6-8-17(22)9-7-15/h1-11H,12-13H2,(H,24,27)/b16-10-,23-11+. The summed E-state index contributed by atoms with van der Waals surface area (Å²) in [6.07, 6.45) is 3.46. The summed E-state index contributed by atoms with van der Waals surface area (Å²) >= 11 is 13.7. The topological polar surface area (TPSA) is 67.2 Å². The van der Waals surface area contributed by atoms with Crippen molar-refractivity contribution in [3.05, 3.63) is 75.2 Å². The van der Waals surface area contributed by atoms with Crippen molar-refractivity contribution in [2.75, 3.05) is 5.75 Å². The lowest BCUT2D eigenvalue weighted by atomic mass is 10.2. The number of amides is 1. The molecular formula is C20H16BrClN4OS3. The van der Waals surface area contributed by atoms with Gasteiger partial charge in [-0.25, -0.2) is 5.43 Å². The predicted molar refractivity (Wildman–Crippen MR) is 132 cm³/mol. The van der Waals surface area contributed by atoms with Crippen LogP contribution in [0.25, 0.3) is 6.08 Å². The molecule has 0 saturated carbocycles. The van der Waals surface area contributed by atoms with Crippen LogP contribution in [0, 0.1) is 0 Å².